The number of benzene rings is 1. The van der Waals surface area contributed by atoms with Crippen molar-refractivity contribution in [2.24, 2.45) is 0 Å². The summed E-state index contributed by atoms with van der Waals surface area (Å²) < 4.78 is 5.77. The van der Waals surface area contributed by atoms with Crippen LogP contribution in [-0.4, -0.2) is 36.1 Å². The number of ether oxygens (including phenoxy) is 1. The molecule has 1 aromatic heterocycles. The smallest absolute Gasteiger partial charge is 0.127 e. The highest BCUT2D eigenvalue weighted by Gasteiger charge is 2.31. The molecule has 4 heteroatoms. The zero-order valence-electron chi connectivity index (χ0n) is 12.6. The summed E-state index contributed by atoms with van der Waals surface area (Å²) >= 11 is 0. The van der Waals surface area contributed by atoms with Crippen molar-refractivity contribution in [3.05, 3.63) is 59.9 Å². The molecule has 4 nitrogen and oxygen atoms in total. The molecular weight excluding hydrogens is 274 g/mol. The quantitative estimate of drug-likeness (QED) is 0.924. The highest BCUT2D eigenvalue weighted by Crippen LogP contribution is 2.36. The fraction of sp³-hybridized carbons (Fsp3) is 0.389. The maximum atomic E-state index is 5.77. The van der Waals surface area contributed by atoms with Gasteiger partial charge in [-0.25, -0.2) is 0 Å². The van der Waals surface area contributed by atoms with E-state index < -0.39 is 0 Å². The number of nitrogens with zero attached hydrogens (tertiary/aromatic N) is 2. The second-order valence-electron chi connectivity index (χ2n) is 5.98. The molecule has 2 aromatic rings. The first-order chi connectivity index (χ1) is 10.9. The number of nitrogens with one attached hydrogen (secondary N) is 1. The molecule has 0 saturated carbocycles. The van der Waals surface area contributed by atoms with Crippen LogP contribution in [0.1, 0.15) is 29.6 Å². The fourth-order valence-corrected chi connectivity index (χ4v) is 3.56. The highest BCUT2D eigenvalue weighted by molar-refractivity contribution is 5.35. The molecule has 1 fully saturated rings. The van der Waals surface area contributed by atoms with E-state index in [1.807, 2.05) is 18.5 Å². The van der Waals surface area contributed by atoms with Crippen molar-refractivity contribution in [3.63, 3.8) is 0 Å². The lowest BCUT2D eigenvalue weighted by molar-refractivity contribution is 0.106. The Balaban J connectivity index is 1.56. The Kier molecular flexibility index (Phi) is 3.79. The number of hydrogen-bond acceptors (Lipinski definition) is 4. The molecule has 0 aliphatic carbocycles. The average Bonchev–Trinajstić information content (AvgIpc) is 2.62. The number of aromatic nitrogens is 1. The van der Waals surface area contributed by atoms with Crippen LogP contribution in [-0.2, 0) is 0 Å². The van der Waals surface area contributed by atoms with E-state index in [1.54, 1.807) is 0 Å². The molecule has 0 amide bonds. The maximum absolute atomic E-state index is 5.77. The predicted octanol–water partition coefficient (Wildman–Crippen LogP) is 2.55. The molecule has 3 heterocycles. The average molecular weight is 295 g/mol. The first-order valence-corrected chi connectivity index (χ1v) is 8.01. The Hall–Kier alpha value is -1.91. The summed E-state index contributed by atoms with van der Waals surface area (Å²) in [4.78, 5) is 6.88. The lowest BCUT2D eigenvalue weighted by atomic mass is 9.97. The zero-order valence-corrected chi connectivity index (χ0v) is 12.6. The van der Waals surface area contributed by atoms with E-state index in [9.17, 15) is 0 Å². The van der Waals surface area contributed by atoms with Crippen molar-refractivity contribution in [2.75, 3.05) is 26.2 Å². The molecule has 2 aliphatic rings. The van der Waals surface area contributed by atoms with Crippen LogP contribution in [0.4, 0.5) is 0 Å². The molecule has 0 spiro atoms. The Bertz CT molecular complexity index is 631. The molecule has 2 atom stereocenters. The van der Waals surface area contributed by atoms with Crippen LogP contribution < -0.4 is 10.1 Å². The first kappa shape index (κ1) is 13.7. The van der Waals surface area contributed by atoms with Gasteiger partial charge in [0.2, 0.25) is 0 Å². The number of rotatable bonds is 2. The summed E-state index contributed by atoms with van der Waals surface area (Å²) in [6.07, 6.45) is 4.82. The predicted molar refractivity (Wildman–Crippen MR) is 85.8 cm³/mol. The third kappa shape index (κ3) is 2.60. The van der Waals surface area contributed by atoms with Crippen molar-refractivity contribution in [2.45, 2.75) is 18.5 Å². The Morgan fingerprint density at radius 3 is 3.00 bits per heavy atom. The summed E-state index contributed by atoms with van der Waals surface area (Å²) in [6, 6.07) is 13.5. The van der Waals surface area contributed by atoms with E-state index in [2.05, 4.69) is 45.5 Å². The largest absolute Gasteiger partial charge is 0.493 e. The number of hydrogen-bond donors (Lipinski definition) is 1. The van der Waals surface area contributed by atoms with Gasteiger partial charge in [0, 0.05) is 56.1 Å². The lowest BCUT2D eigenvalue weighted by Crippen LogP contribution is -2.48. The van der Waals surface area contributed by atoms with Crippen molar-refractivity contribution in [3.8, 4) is 5.75 Å². The number of pyridine rings is 1. The van der Waals surface area contributed by atoms with Gasteiger partial charge in [0.25, 0.3) is 0 Å². The molecule has 22 heavy (non-hydrogen) atoms. The third-order valence-corrected chi connectivity index (χ3v) is 4.67. The second-order valence-corrected chi connectivity index (χ2v) is 5.98. The van der Waals surface area contributed by atoms with Gasteiger partial charge in [0.1, 0.15) is 5.75 Å². The van der Waals surface area contributed by atoms with Crippen LogP contribution in [0.25, 0.3) is 0 Å². The van der Waals surface area contributed by atoms with Gasteiger partial charge in [0.05, 0.1) is 6.61 Å². The second kappa shape index (κ2) is 6.07. The molecular formula is C18H21N3O. The van der Waals surface area contributed by atoms with Gasteiger partial charge in [-0.1, -0.05) is 30.3 Å². The fourth-order valence-electron chi connectivity index (χ4n) is 3.56. The summed E-state index contributed by atoms with van der Waals surface area (Å²) in [5, 5.41) is 3.64. The topological polar surface area (TPSA) is 37.4 Å². The lowest BCUT2D eigenvalue weighted by Gasteiger charge is -2.41. The van der Waals surface area contributed by atoms with E-state index in [4.69, 9.17) is 4.74 Å². The standard InChI is InChI=1S/C18H21N3O/c1-2-4-14(5-3-1)16-13-21(10-9-20-16)17-7-11-22-18-6-8-19-12-15(17)18/h1-6,8,12,16-17,20H,7,9-11,13H2/t16-,17?/m0/s1. The monoisotopic (exact) mass is 295 g/mol. The minimum atomic E-state index is 0.401. The van der Waals surface area contributed by atoms with E-state index >= 15 is 0 Å². The van der Waals surface area contributed by atoms with Crippen LogP contribution in [0.15, 0.2) is 48.8 Å². The van der Waals surface area contributed by atoms with Crippen molar-refractivity contribution < 1.29 is 4.74 Å². The van der Waals surface area contributed by atoms with Gasteiger partial charge in [-0.05, 0) is 11.6 Å². The molecule has 1 unspecified atom stereocenters. The molecule has 1 saturated heterocycles. The minimum Gasteiger partial charge on any atom is -0.493 e. The highest BCUT2D eigenvalue weighted by atomic mass is 16.5. The van der Waals surface area contributed by atoms with Crippen LogP contribution in [0, 0.1) is 0 Å². The Morgan fingerprint density at radius 2 is 2.09 bits per heavy atom. The maximum Gasteiger partial charge on any atom is 0.127 e. The molecule has 0 radical (unpaired) electrons. The van der Waals surface area contributed by atoms with E-state index in [0.717, 1.165) is 38.4 Å². The van der Waals surface area contributed by atoms with Gasteiger partial charge in [0.15, 0.2) is 0 Å². The number of piperazine rings is 1. The molecule has 0 bridgehead atoms. The van der Waals surface area contributed by atoms with Crippen molar-refractivity contribution >= 4 is 0 Å². The van der Waals surface area contributed by atoms with Crippen LogP contribution in [0.5, 0.6) is 5.75 Å². The van der Waals surface area contributed by atoms with Gasteiger partial charge in [-0.15, -0.1) is 0 Å². The SMILES string of the molecule is c1ccc([C@@H]2CN(C3CCOc4ccncc43)CCN2)cc1. The Morgan fingerprint density at radius 1 is 1.18 bits per heavy atom. The zero-order chi connectivity index (χ0) is 14.8. The summed E-state index contributed by atoms with van der Waals surface area (Å²) in [7, 11) is 0. The van der Waals surface area contributed by atoms with Gasteiger partial charge < -0.3 is 10.1 Å². The van der Waals surface area contributed by atoms with Gasteiger partial charge in [-0.2, -0.15) is 0 Å². The van der Waals surface area contributed by atoms with E-state index in [0.29, 0.717) is 12.1 Å². The summed E-state index contributed by atoms with van der Waals surface area (Å²) in [5.41, 5.74) is 2.60. The summed E-state index contributed by atoms with van der Waals surface area (Å²) in [5.74, 6) is 1.00. The molecule has 2 aliphatic heterocycles. The minimum absolute atomic E-state index is 0.401. The molecule has 1 N–H and O–H groups in total. The third-order valence-electron chi connectivity index (χ3n) is 4.67. The van der Waals surface area contributed by atoms with Crippen molar-refractivity contribution in [1.29, 1.82) is 0 Å². The normalized spacial score (nSPS) is 25.3. The van der Waals surface area contributed by atoms with E-state index in [-0.39, 0.29) is 0 Å². The molecule has 114 valence electrons. The first-order valence-electron chi connectivity index (χ1n) is 8.01. The molecule has 1 aromatic carbocycles. The van der Waals surface area contributed by atoms with Gasteiger partial charge >= 0.3 is 0 Å². The van der Waals surface area contributed by atoms with Crippen LogP contribution in [0.3, 0.4) is 0 Å². The van der Waals surface area contributed by atoms with Crippen molar-refractivity contribution in [1.82, 2.24) is 15.2 Å². The van der Waals surface area contributed by atoms with Crippen LogP contribution >= 0.6 is 0 Å². The molecule has 4 rings (SSSR count). The summed E-state index contributed by atoms with van der Waals surface area (Å²) in [6.45, 7) is 3.92. The Labute approximate surface area is 131 Å². The number of fused-ring (bicyclic) bond motifs is 1. The van der Waals surface area contributed by atoms with Gasteiger partial charge in [-0.3, -0.25) is 9.88 Å². The van der Waals surface area contributed by atoms with Crippen LogP contribution in [0.2, 0.25) is 0 Å². The van der Waals surface area contributed by atoms with E-state index in [1.165, 1.54) is 11.1 Å².